The van der Waals surface area contributed by atoms with Gasteiger partial charge in [0.1, 0.15) is 0 Å². The lowest BCUT2D eigenvalue weighted by atomic mass is 10.00. The number of carbonyl (C=O) groups excluding carboxylic acids is 1. The third-order valence-corrected chi connectivity index (χ3v) is 7.69. The van der Waals surface area contributed by atoms with E-state index in [1.54, 1.807) is 25.6 Å². The maximum atomic E-state index is 13.1. The molecule has 1 amide bonds. The molecule has 2 heterocycles. The van der Waals surface area contributed by atoms with Gasteiger partial charge in [0.15, 0.2) is 11.5 Å². The fraction of sp³-hybridized carbons (Fsp3) is 0.560. The van der Waals surface area contributed by atoms with Crippen LogP contribution in [0.2, 0.25) is 0 Å². The largest absolute Gasteiger partial charge is 0.493 e. The number of carbonyl (C=O) groups is 1. The van der Waals surface area contributed by atoms with Crippen molar-refractivity contribution in [3.05, 3.63) is 45.1 Å². The lowest BCUT2D eigenvalue weighted by molar-refractivity contribution is 0.0162. The zero-order valence-electron chi connectivity index (χ0n) is 19.2. The lowest BCUT2D eigenvalue weighted by Crippen LogP contribution is -2.43. The molecule has 2 aliphatic rings. The summed E-state index contributed by atoms with van der Waals surface area (Å²) in [6, 6.07) is 8.18. The Bertz CT molecular complexity index is 882. The second kappa shape index (κ2) is 11.2. The van der Waals surface area contributed by atoms with Crippen molar-refractivity contribution in [1.29, 1.82) is 0 Å². The van der Waals surface area contributed by atoms with E-state index in [2.05, 4.69) is 22.3 Å². The third kappa shape index (κ3) is 5.45. The zero-order valence-corrected chi connectivity index (χ0v) is 20.0. The molecular formula is C25H34N2O4S. The molecule has 1 aromatic heterocycles. The van der Waals surface area contributed by atoms with Crippen molar-refractivity contribution in [1.82, 2.24) is 10.2 Å². The van der Waals surface area contributed by atoms with Gasteiger partial charge in [-0.2, -0.15) is 0 Å². The fourth-order valence-electron chi connectivity index (χ4n) is 4.64. The summed E-state index contributed by atoms with van der Waals surface area (Å²) in [7, 11) is 3.29. The average Bonchev–Trinajstić information content (AvgIpc) is 3.21. The van der Waals surface area contributed by atoms with Crippen molar-refractivity contribution in [2.24, 2.45) is 0 Å². The molecule has 1 aliphatic carbocycles. The second-order valence-corrected chi connectivity index (χ2v) is 9.60. The lowest BCUT2D eigenvalue weighted by Gasteiger charge is -2.35. The second-order valence-electron chi connectivity index (χ2n) is 8.46. The van der Waals surface area contributed by atoms with Crippen molar-refractivity contribution in [3.8, 4) is 11.5 Å². The van der Waals surface area contributed by atoms with E-state index in [0.717, 1.165) is 36.4 Å². The maximum Gasteiger partial charge on any atom is 0.261 e. The minimum Gasteiger partial charge on any atom is -0.493 e. The minimum atomic E-state index is 0.0282. The molecule has 0 unspecified atom stereocenters. The van der Waals surface area contributed by atoms with Gasteiger partial charge in [0.05, 0.1) is 38.4 Å². The molecule has 0 saturated carbocycles. The van der Waals surface area contributed by atoms with Gasteiger partial charge in [-0.15, -0.1) is 11.3 Å². The number of rotatable bonds is 7. The van der Waals surface area contributed by atoms with E-state index in [1.807, 2.05) is 12.1 Å². The fourth-order valence-corrected chi connectivity index (χ4v) is 5.81. The molecule has 2 aromatic rings. The smallest absolute Gasteiger partial charge is 0.261 e. The molecule has 6 nitrogen and oxygen atoms in total. The summed E-state index contributed by atoms with van der Waals surface area (Å²) in [5.74, 6) is 1.44. The number of morpholine rings is 1. The van der Waals surface area contributed by atoms with Crippen LogP contribution >= 0.6 is 11.3 Å². The van der Waals surface area contributed by atoms with Crippen LogP contribution in [0.25, 0.3) is 0 Å². The summed E-state index contributed by atoms with van der Waals surface area (Å²) in [5, 5.41) is 3.22. The van der Waals surface area contributed by atoms with Crippen LogP contribution in [0.4, 0.5) is 0 Å². The normalized spacial score (nSPS) is 18.2. The van der Waals surface area contributed by atoms with Crippen LogP contribution in [-0.2, 0) is 17.6 Å². The highest BCUT2D eigenvalue weighted by molar-refractivity contribution is 7.14. The molecule has 32 heavy (non-hydrogen) atoms. The molecule has 1 aromatic carbocycles. The van der Waals surface area contributed by atoms with E-state index < -0.39 is 0 Å². The van der Waals surface area contributed by atoms with Crippen molar-refractivity contribution in [2.45, 2.75) is 44.6 Å². The molecule has 1 aliphatic heterocycles. The van der Waals surface area contributed by atoms with Gasteiger partial charge in [-0.1, -0.05) is 18.9 Å². The molecule has 1 saturated heterocycles. The number of thiophene rings is 1. The Hall–Kier alpha value is -2.09. The zero-order chi connectivity index (χ0) is 22.3. The summed E-state index contributed by atoms with van der Waals surface area (Å²) in [4.78, 5) is 17.7. The van der Waals surface area contributed by atoms with Gasteiger partial charge in [-0.05, 0) is 55.0 Å². The number of benzene rings is 1. The summed E-state index contributed by atoms with van der Waals surface area (Å²) in [5.41, 5.74) is 2.48. The number of amides is 1. The third-order valence-electron chi connectivity index (χ3n) is 6.46. The first-order valence-electron chi connectivity index (χ1n) is 11.6. The van der Waals surface area contributed by atoms with Crippen LogP contribution in [0.15, 0.2) is 24.3 Å². The molecule has 1 N–H and O–H groups in total. The van der Waals surface area contributed by atoms with Crippen LogP contribution in [0.5, 0.6) is 11.5 Å². The van der Waals surface area contributed by atoms with Crippen molar-refractivity contribution in [2.75, 3.05) is 47.1 Å². The van der Waals surface area contributed by atoms with Crippen molar-refractivity contribution in [3.63, 3.8) is 0 Å². The summed E-state index contributed by atoms with van der Waals surface area (Å²) < 4.78 is 16.5. The molecule has 1 fully saturated rings. The van der Waals surface area contributed by atoms with Gasteiger partial charge < -0.3 is 19.5 Å². The summed E-state index contributed by atoms with van der Waals surface area (Å²) in [6.07, 6.45) is 7.25. The van der Waals surface area contributed by atoms with E-state index in [9.17, 15) is 4.79 Å². The van der Waals surface area contributed by atoms with Crippen LogP contribution in [0.3, 0.4) is 0 Å². The molecule has 174 valence electrons. The Balaban J connectivity index is 1.50. The van der Waals surface area contributed by atoms with E-state index >= 15 is 0 Å². The summed E-state index contributed by atoms with van der Waals surface area (Å²) >= 11 is 1.68. The Morgan fingerprint density at radius 2 is 1.81 bits per heavy atom. The SMILES string of the molecule is COc1ccc([C@@H](CNC(=O)c2cc3c(s2)CCCCCC3)N2CCOCC2)cc1OC. The van der Waals surface area contributed by atoms with Crippen molar-refractivity contribution < 1.29 is 19.0 Å². The Morgan fingerprint density at radius 3 is 2.56 bits per heavy atom. The van der Waals surface area contributed by atoms with Crippen LogP contribution in [-0.4, -0.2) is 57.9 Å². The van der Waals surface area contributed by atoms with Gasteiger partial charge in [0.25, 0.3) is 5.91 Å². The van der Waals surface area contributed by atoms with E-state index in [1.165, 1.54) is 36.1 Å². The van der Waals surface area contributed by atoms with E-state index in [-0.39, 0.29) is 11.9 Å². The first kappa shape index (κ1) is 23.1. The molecule has 0 radical (unpaired) electrons. The predicted molar refractivity (Wildman–Crippen MR) is 127 cm³/mol. The molecule has 1 atom stereocenters. The number of hydrogen-bond acceptors (Lipinski definition) is 6. The summed E-state index contributed by atoms with van der Waals surface area (Å²) in [6.45, 7) is 3.62. The van der Waals surface area contributed by atoms with Gasteiger partial charge in [0, 0.05) is 24.5 Å². The number of fused-ring (bicyclic) bond motifs is 1. The topological polar surface area (TPSA) is 60.0 Å². The quantitative estimate of drug-likeness (QED) is 0.673. The highest BCUT2D eigenvalue weighted by Gasteiger charge is 2.25. The molecular weight excluding hydrogens is 424 g/mol. The molecule has 7 heteroatoms. The average molecular weight is 459 g/mol. The van der Waals surface area contributed by atoms with Gasteiger partial charge in [0.2, 0.25) is 0 Å². The first-order valence-corrected chi connectivity index (χ1v) is 12.4. The van der Waals surface area contributed by atoms with Crippen LogP contribution < -0.4 is 14.8 Å². The van der Waals surface area contributed by atoms with Crippen LogP contribution in [0, 0.1) is 0 Å². The predicted octanol–water partition coefficient (Wildman–Crippen LogP) is 4.23. The number of aryl methyl sites for hydroxylation is 2. The molecule has 4 rings (SSSR count). The van der Waals surface area contributed by atoms with E-state index in [4.69, 9.17) is 14.2 Å². The minimum absolute atomic E-state index is 0.0282. The van der Waals surface area contributed by atoms with Gasteiger partial charge >= 0.3 is 0 Å². The number of ether oxygens (including phenoxy) is 3. The Kier molecular flexibility index (Phi) is 8.05. The standard InChI is InChI=1S/C25H34N2O4S/c1-29-21-10-9-18(15-22(21)30-2)20(27-11-13-31-14-12-27)17-26-25(28)24-16-19-7-5-3-4-6-8-23(19)32-24/h9-10,15-16,20H,3-8,11-14,17H2,1-2H3,(H,26,28)/t20-/m1/s1. The first-order chi connectivity index (χ1) is 15.7. The Labute approximate surface area is 194 Å². The highest BCUT2D eigenvalue weighted by Crippen LogP contribution is 2.33. The number of methoxy groups -OCH3 is 2. The monoisotopic (exact) mass is 458 g/mol. The number of nitrogens with zero attached hydrogens (tertiary/aromatic N) is 1. The molecule has 0 bridgehead atoms. The Morgan fingerprint density at radius 1 is 1.06 bits per heavy atom. The van der Waals surface area contributed by atoms with Crippen molar-refractivity contribution >= 4 is 17.2 Å². The number of hydrogen-bond donors (Lipinski definition) is 1. The molecule has 0 spiro atoms. The van der Waals surface area contributed by atoms with Crippen LogP contribution in [0.1, 0.15) is 57.4 Å². The number of nitrogens with one attached hydrogen (secondary N) is 1. The highest BCUT2D eigenvalue weighted by atomic mass is 32.1. The van der Waals surface area contributed by atoms with E-state index in [0.29, 0.717) is 31.3 Å². The van der Waals surface area contributed by atoms with Gasteiger partial charge in [-0.3, -0.25) is 9.69 Å². The van der Waals surface area contributed by atoms with Gasteiger partial charge in [-0.25, -0.2) is 0 Å². The maximum absolute atomic E-state index is 13.1.